The molecule has 2 aromatic rings. The molecule has 0 radical (unpaired) electrons. The van der Waals surface area contributed by atoms with Crippen molar-refractivity contribution in [2.75, 3.05) is 0 Å². The van der Waals surface area contributed by atoms with E-state index in [-0.39, 0.29) is 49.4 Å². The van der Waals surface area contributed by atoms with E-state index >= 15 is 0 Å². The molecule has 0 aliphatic heterocycles. The van der Waals surface area contributed by atoms with Crippen molar-refractivity contribution in [3.05, 3.63) is 75.2 Å². The summed E-state index contributed by atoms with van der Waals surface area (Å²) in [5, 5.41) is 26.5. The van der Waals surface area contributed by atoms with Gasteiger partial charge in [-0.15, -0.1) is 12.4 Å². The number of carboxylic acid groups (broad SMARTS) is 1. The molecule has 1 unspecified atom stereocenters. The molecular formula is C26H35Br2ClN3NaO6. The number of alkyl carbamates (subject to hydrolysis) is 1. The van der Waals surface area contributed by atoms with Gasteiger partial charge in [0.25, 0.3) is 0 Å². The van der Waals surface area contributed by atoms with Crippen molar-refractivity contribution < 1.29 is 58.9 Å². The Morgan fingerprint density at radius 2 is 1.41 bits per heavy atom. The molecule has 1 amide bonds. The van der Waals surface area contributed by atoms with Crippen LogP contribution in [0.3, 0.4) is 0 Å². The van der Waals surface area contributed by atoms with E-state index in [4.69, 9.17) is 27.4 Å². The Labute approximate surface area is 275 Å². The SMILES string of the molecule is C.CC(C)(C)OC(=O)N[C@@H](C=O)Cc1ccc(Br)cc1.Cl.N[C@H](Cc1ccc(Br)cc1)C(O)C(=O)O.[C-]#N.[Na+]. The van der Waals surface area contributed by atoms with Gasteiger partial charge < -0.3 is 42.6 Å². The predicted molar refractivity (Wildman–Crippen MR) is 155 cm³/mol. The Kier molecular flexibility index (Phi) is 26.5. The number of hydrogen-bond acceptors (Lipinski definition) is 7. The van der Waals surface area contributed by atoms with Crippen LogP contribution in [-0.2, 0) is 27.2 Å². The molecule has 0 bridgehead atoms. The van der Waals surface area contributed by atoms with Gasteiger partial charge in [0.05, 0.1) is 6.04 Å². The van der Waals surface area contributed by atoms with Crippen molar-refractivity contribution in [1.82, 2.24) is 5.32 Å². The van der Waals surface area contributed by atoms with Crippen LogP contribution in [0.5, 0.6) is 0 Å². The van der Waals surface area contributed by atoms with Crippen LogP contribution >= 0.6 is 44.3 Å². The molecule has 13 heteroatoms. The molecule has 0 heterocycles. The monoisotopic (exact) mass is 701 g/mol. The zero-order valence-electron chi connectivity index (χ0n) is 21.6. The van der Waals surface area contributed by atoms with Gasteiger partial charge in [-0.25, -0.2) is 9.59 Å². The van der Waals surface area contributed by atoms with Crippen molar-refractivity contribution in [2.24, 2.45) is 5.73 Å². The first kappa shape index (κ1) is 44.5. The molecule has 0 aliphatic rings. The predicted octanol–water partition coefficient (Wildman–Crippen LogP) is 2.01. The van der Waals surface area contributed by atoms with Gasteiger partial charge in [0, 0.05) is 15.0 Å². The topological polar surface area (TPSA) is 163 Å². The standard InChI is InChI=1S/C14H18BrNO3.C10H12BrNO3.CN.CH4.ClH.Na/c1-14(2,3)19-13(18)16-12(9-17)8-10-4-6-11(15)7-5-10;11-7-3-1-6(2-4-7)5-8(12)9(13)10(14)15;1-2;;;/h4-7,9,12H,8H2,1-3H3,(H,16,18);1-4,8-9,13H,5,12H2,(H,14,15);;1H4;1H;/q;;-1;;;+1/t12-;8-,9?;;;;/m11..../s1. The summed E-state index contributed by atoms with van der Waals surface area (Å²) < 4.78 is 7.02. The molecular weight excluding hydrogens is 669 g/mol. The summed E-state index contributed by atoms with van der Waals surface area (Å²) in [4.78, 5) is 33.0. The second kappa shape index (κ2) is 23.2. The molecule has 5 N–H and O–H groups in total. The summed E-state index contributed by atoms with van der Waals surface area (Å²) in [6.45, 7) is 10.1. The van der Waals surface area contributed by atoms with Crippen LogP contribution < -0.4 is 40.6 Å². The first-order valence-electron chi connectivity index (χ1n) is 10.6. The number of carbonyl (C=O) groups excluding carboxylic acids is 2. The Morgan fingerprint density at radius 1 is 1.03 bits per heavy atom. The number of aliphatic carboxylic acids is 1. The maximum atomic E-state index is 11.6. The Hall–Kier alpha value is -1.49. The Balaban J connectivity index is -0.000000280. The number of amides is 1. The molecule has 2 rings (SSSR count). The van der Waals surface area contributed by atoms with Crippen molar-refractivity contribution in [2.45, 2.75) is 64.8 Å². The number of halogens is 3. The second-order valence-electron chi connectivity index (χ2n) is 8.50. The fraction of sp³-hybridized carbons (Fsp3) is 0.385. The minimum absolute atomic E-state index is 0. The molecule has 0 fully saturated rings. The third-order valence-electron chi connectivity index (χ3n) is 4.28. The van der Waals surface area contributed by atoms with Crippen LogP contribution in [0.1, 0.15) is 39.3 Å². The number of carbonyl (C=O) groups is 3. The summed E-state index contributed by atoms with van der Waals surface area (Å²) in [5.41, 5.74) is 6.83. The molecule has 0 aromatic heterocycles. The molecule has 3 atom stereocenters. The molecule has 0 spiro atoms. The largest absolute Gasteiger partial charge is 1.00 e. The van der Waals surface area contributed by atoms with Crippen LogP contribution in [0.15, 0.2) is 57.5 Å². The third-order valence-corrected chi connectivity index (χ3v) is 5.34. The van der Waals surface area contributed by atoms with Gasteiger partial charge in [-0.1, -0.05) is 63.6 Å². The van der Waals surface area contributed by atoms with Gasteiger partial charge >= 0.3 is 41.6 Å². The van der Waals surface area contributed by atoms with E-state index < -0.39 is 35.9 Å². The van der Waals surface area contributed by atoms with E-state index in [0.29, 0.717) is 19.1 Å². The molecule has 0 saturated heterocycles. The number of aliphatic hydroxyl groups excluding tert-OH is 1. The van der Waals surface area contributed by atoms with Crippen LogP contribution in [0.4, 0.5) is 4.79 Å². The smallest absolute Gasteiger partial charge is 0.512 e. The summed E-state index contributed by atoms with van der Waals surface area (Å²) in [7, 11) is 0. The second-order valence-corrected chi connectivity index (χ2v) is 10.3. The van der Waals surface area contributed by atoms with Gasteiger partial charge in [-0.2, -0.15) is 0 Å². The number of nitrogens with zero attached hydrogens (tertiary/aromatic N) is 1. The zero-order valence-corrected chi connectivity index (χ0v) is 27.5. The van der Waals surface area contributed by atoms with Gasteiger partial charge in [0.1, 0.15) is 11.9 Å². The minimum atomic E-state index is -1.52. The van der Waals surface area contributed by atoms with Crippen molar-refractivity contribution in [3.8, 4) is 0 Å². The van der Waals surface area contributed by atoms with Crippen LogP contribution in [0.25, 0.3) is 0 Å². The van der Waals surface area contributed by atoms with Gasteiger partial charge in [-0.05, 0) is 69.0 Å². The maximum absolute atomic E-state index is 11.6. The molecule has 0 saturated carbocycles. The Bertz CT molecular complexity index is 990. The molecule has 212 valence electrons. The third kappa shape index (κ3) is 21.0. The van der Waals surface area contributed by atoms with Crippen molar-refractivity contribution in [1.29, 1.82) is 5.26 Å². The number of rotatable bonds is 8. The van der Waals surface area contributed by atoms with Gasteiger partial charge in [0.15, 0.2) is 6.10 Å². The fourth-order valence-electron chi connectivity index (χ4n) is 2.65. The van der Waals surface area contributed by atoms with E-state index in [9.17, 15) is 19.5 Å². The van der Waals surface area contributed by atoms with E-state index in [1.165, 1.54) is 0 Å². The zero-order chi connectivity index (χ0) is 27.9. The van der Waals surface area contributed by atoms with Crippen LogP contribution in [-0.4, -0.2) is 52.4 Å². The van der Waals surface area contributed by atoms with E-state index in [1.807, 2.05) is 48.5 Å². The molecule has 0 aliphatic carbocycles. The number of benzene rings is 2. The molecule has 39 heavy (non-hydrogen) atoms. The Morgan fingerprint density at radius 3 is 1.74 bits per heavy atom. The summed E-state index contributed by atoms with van der Waals surface area (Å²) in [5.74, 6) is -1.29. The first-order valence-corrected chi connectivity index (χ1v) is 12.2. The quantitative estimate of drug-likeness (QED) is 0.185. The molecule has 2 aromatic carbocycles. The van der Waals surface area contributed by atoms with Gasteiger partial charge in [-0.3, -0.25) is 0 Å². The first-order chi connectivity index (χ1) is 16.8. The fourth-order valence-corrected chi connectivity index (χ4v) is 3.18. The van der Waals surface area contributed by atoms with E-state index in [0.717, 1.165) is 20.1 Å². The summed E-state index contributed by atoms with van der Waals surface area (Å²) >= 11 is 6.63. The summed E-state index contributed by atoms with van der Waals surface area (Å²) in [6, 6.07) is 13.6. The van der Waals surface area contributed by atoms with Crippen LogP contribution in [0, 0.1) is 11.8 Å². The van der Waals surface area contributed by atoms with Crippen molar-refractivity contribution in [3.63, 3.8) is 0 Å². The average Bonchev–Trinajstić information content (AvgIpc) is 2.81. The maximum Gasteiger partial charge on any atom is 1.00 e. The number of aliphatic hydroxyl groups is 1. The number of carboxylic acids is 1. The van der Waals surface area contributed by atoms with E-state index in [1.54, 1.807) is 20.8 Å². The number of aldehydes is 1. The summed E-state index contributed by atoms with van der Waals surface area (Å²) in [6.07, 6.45) is -0.613. The van der Waals surface area contributed by atoms with Gasteiger partial charge in [0.2, 0.25) is 0 Å². The molecule has 9 nitrogen and oxygen atoms in total. The minimum Gasteiger partial charge on any atom is -0.512 e. The number of nitrogens with one attached hydrogen (secondary N) is 1. The average molecular weight is 704 g/mol. The number of ether oxygens (including phenoxy) is 1. The normalized spacial score (nSPS) is 11.8. The van der Waals surface area contributed by atoms with Crippen molar-refractivity contribution >= 4 is 62.6 Å². The number of nitrogens with two attached hydrogens (primary N) is 1. The van der Waals surface area contributed by atoms with Crippen LogP contribution in [0.2, 0.25) is 0 Å². The van der Waals surface area contributed by atoms with E-state index in [2.05, 4.69) is 37.2 Å². The number of hydrogen-bond donors (Lipinski definition) is 4.